The van der Waals surface area contributed by atoms with Gasteiger partial charge in [-0.1, -0.05) is 13.3 Å². The predicted molar refractivity (Wildman–Crippen MR) is 114 cm³/mol. The van der Waals surface area contributed by atoms with E-state index in [4.69, 9.17) is 14.5 Å². The summed E-state index contributed by atoms with van der Waals surface area (Å²) in [5, 5.41) is 6.20. The SMILES string of the molecule is Br.CCCc1nc2ncccn2c1-c1csc(Nc2ccc3c(c2)OCO3)n1. The number of rotatable bonds is 5. The standard InChI is InChI=1S/C19H17N5O2S.BrH/c1-2-4-13-17(24-8-3-7-20-18(24)22-13)14-10-27-19(23-14)21-12-5-6-15-16(9-12)26-11-25-15;/h3,5-10H,2,4,11H2,1H3,(H,21,23);1H. The van der Waals surface area contributed by atoms with Gasteiger partial charge in [-0.25, -0.2) is 15.0 Å². The number of aryl methyl sites for hydroxylation is 1. The number of hydrogen-bond donors (Lipinski definition) is 1. The largest absolute Gasteiger partial charge is 0.454 e. The fraction of sp³-hybridized carbons (Fsp3) is 0.211. The first kappa shape index (κ1) is 18.7. The Labute approximate surface area is 176 Å². The number of nitrogens with one attached hydrogen (secondary N) is 1. The molecule has 1 aliphatic rings. The van der Waals surface area contributed by atoms with Gasteiger partial charge in [0.05, 0.1) is 11.4 Å². The average Bonchev–Trinajstić information content (AvgIpc) is 3.39. The Morgan fingerprint density at radius 3 is 3.00 bits per heavy atom. The molecule has 3 aromatic heterocycles. The number of hydrogen-bond acceptors (Lipinski definition) is 7. The van der Waals surface area contributed by atoms with Crippen LogP contribution in [-0.4, -0.2) is 26.1 Å². The summed E-state index contributed by atoms with van der Waals surface area (Å²) in [6.45, 7) is 2.41. The molecule has 0 aliphatic carbocycles. The number of anilines is 2. The summed E-state index contributed by atoms with van der Waals surface area (Å²) < 4.78 is 12.8. The number of fused-ring (bicyclic) bond motifs is 2. The zero-order chi connectivity index (χ0) is 18.2. The van der Waals surface area contributed by atoms with E-state index in [2.05, 4.69) is 22.2 Å². The maximum atomic E-state index is 5.43. The van der Waals surface area contributed by atoms with Crippen LogP contribution in [0.15, 0.2) is 42.0 Å². The first-order valence-corrected chi connectivity index (χ1v) is 9.64. The van der Waals surface area contributed by atoms with E-state index < -0.39 is 0 Å². The number of benzene rings is 1. The number of nitrogens with zero attached hydrogens (tertiary/aromatic N) is 4. The molecule has 0 unspecified atom stereocenters. The minimum Gasteiger partial charge on any atom is -0.454 e. The van der Waals surface area contributed by atoms with E-state index in [0.717, 1.165) is 52.2 Å². The molecular formula is C19H18BrN5O2S. The molecule has 7 nitrogen and oxygen atoms in total. The molecule has 0 radical (unpaired) electrons. The minimum atomic E-state index is 0. The highest BCUT2D eigenvalue weighted by Crippen LogP contribution is 2.36. The number of thiazole rings is 1. The zero-order valence-corrected chi connectivity index (χ0v) is 17.6. The molecule has 5 rings (SSSR count). The van der Waals surface area contributed by atoms with Crippen molar-refractivity contribution in [1.82, 2.24) is 19.4 Å². The van der Waals surface area contributed by atoms with Crippen molar-refractivity contribution in [1.29, 1.82) is 0 Å². The molecule has 0 saturated carbocycles. The zero-order valence-electron chi connectivity index (χ0n) is 15.1. The molecule has 1 N–H and O–H groups in total. The van der Waals surface area contributed by atoms with Crippen molar-refractivity contribution in [3.63, 3.8) is 0 Å². The lowest BCUT2D eigenvalue weighted by Gasteiger charge is -2.04. The molecule has 1 aliphatic heterocycles. The normalized spacial score (nSPS) is 12.2. The Morgan fingerprint density at radius 1 is 1.21 bits per heavy atom. The summed E-state index contributed by atoms with van der Waals surface area (Å²) in [5.74, 6) is 2.21. The van der Waals surface area contributed by atoms with E-state index in [-0.39, 0.29) is 23.8 Å². The maximum absolute atomic E-state index is 5.43. The topological polar surface area (TPSA) is 73.6 Å². The summed E-state index contributed by atoms with van der Waals surface area (Å²) in [7, 11) is 0. The smallest absolute Gasteiger partial charge is 0.234 e. The van der Waals surface area contributed by atoms with Gasteiger partial charge in [0, 0.05) is 29.5 Å². The Kier molecular flexibility index (Phi) is 5.19. The molecule has 0 spiro atoms. The summed E-state index contributed by atoms with van der Waals surface area (Å²) in [4.78, 5) is 13.8. The highest BCUT2D eigenvalue weighted by atomic mass is 79.9. The molecule has 4 aromatic rings. The summed E-state index contributed by atoms with van der Waals surface area (Å²) in [6, 6.07) is 7.68. The molecule has 28 heavy (non-hydrogen) atoms. The Balaban J connectivity index is 0.00000192. The fourth-order valence-corrected chi connectivity index (χ4v) is 3.87. The van der Waals surface area contributed by atoms with Crippen LogP contribution < -0.4 is 14.8 Å². The lowest BCUT2D eigenvalue weighted by molar-refractivity contribution is 0.174. The summed E-state index contributed by atoms with van der Waals surface area (Å²) in [6.07, 6.45) is 5.65. The maximum Gasteiger partial charge on any atom is 0.234 e. The molecule has 0 amide bonds. The summed E-state index contributed by atoms with van der Waals surface area (Å²) >= 11 is 1.56. The van der Waals surface area contributed by atoms with Crippen LogP contribution in [0, 0.1) is 0 Å². The first-order valence-electron chi connectivity index (χ1n) is 8.76. The number of aromatic nitrogens is 4. The lowest BCUT2D eigenvalue weighted by atomic mass is 10.2. The third kappa shape index (κ3) is 3.31. The lowest BCUT2D eigenvalue weighted by Crippen LogP contribution is -1.94. The minimum absolute atomic E-state index is 0. The molecule has 1 aromatic carbocycles. The van der Waals surface area contributed by atoms with E-state index in [1.165, 1.54) is 0 Å². The number of halogens is 1. The second-order valence-corrected chi connectivity index (χ2v) is 7.04. The molecule has 144 valence electrons. The van der Waals surface area contributed by atoms with Crippen molar-refractivity contribution in [2.45, 2.75) is 19.8 Å². The van der Waals surface area contributed by atoms with Gasteiger partial charge in [0.2, 0.25) is 12.6 Å². The van der Waals surface area contributed by atoms with E-state index in [9.17, 15) is 0 Å². The van der Waals surface area contributed by atoms with Gasteiger partial charge in [0.15, 0.2) is 16.6 Å². The third-order valence-corrected chi connectivity index (χ3v) is 5.09. The van der Waals surface area contributed by atoms with Crippen molar-refractivity contribution < 1.29 is 9.47 Å². The fourth-order valence-electron chi connectivity index (χ4n) is 3.15. The van der Waals surface area contributed by atoms with Gasteiger partial charge in [-0.3, -0.25) is 4.40 Å². The molecule has 4 heterocycles. The van der Waals surface area contributed by atoms with Gasteiger partial charge in [-0.2, -0.15) is 0 Å². The Morgan fingerprint density at radius 2 is 2.11 bits per heavy atom. The van der Waals surface area contributed by atoms with E-state index >= 15 is 0 Å². The highest BCUT2D eigenvalue weighted by molar-refractivity contribution is 8.93. The van der Waals surface area contributed by atoms with Crippen molar-refractivity contribution in [3.8, 4) is 22.9 Å². The van der Waals surface area contributed by atoms with Gasteiger partial charge >= 0.3 is 0 Å². The van der Waals surface area contributed by atoms with Crippen LogP contribution in [-0.2, 0) is 6.42 Å². The van der Waals surface area contributed by atoms with E-state index in [0.29, 0.717) is 5.78 Å². The predicted octanol–water partition coefficient (Wildman–Crippen LogP) is 4.86. The third-order valence-electron chi connectivity index (χ3n) is 4.33. The van der Waals surface area contributed by atoms with E-state index in [1.54, 1.807) is 17.5 Å². The van der Waals surface area contributed by atoms with Crippen LogP contribution in [0.4, 0.5) is 10.8 Å². The van der Waals surface area contributed by atoms with Crippen LogP contribution in [0.5, 0.6) is 11.5 Å². The van der Waals surface area contributed by atoms with Crippen molar-refractivity contribution in [3.05, 3.63) is 47.7 Å². The molecular weight excluding hydrogens is 442 g/mol. The molecule has 0 fully saturated rings. The van der Waals surface area contributed by atoms with Crippen molar-refractivity contribution in [2.75, 3.05) is 12.1 Å². The number of imidazole rings is 1. The highest BCUT2D eigenvalue weighted by Gasteiger charge is 2.18. The Hall–Kier alpha value is -2.65. The van der Waals surface area contributed by atoms with Gasteiger partial charge in [0.1, 0.15) is 5.69 Å². The molecule has 0 saturated heterocycles. The van der Waals surface area contributed by atoms with Gasteiger partial charge < -0.3 is 14.8 Å². The quantitative estimate of drug-likeness (QED) is 0.459. The monoisotopic (exact) mass is 459 g/mol. The second kappa shape index (κ2) is 7.76. The molecule has 0 atom stereocenters. The van der Waals surface area contributed by atoms with Crippen LogP contribution in [0.1, 0.15) is 19.0 Å². The van der Waals surface area contributed by atoms with Crippen LogP contribution >= 0.6 is 28.3 Å². The van der Waals surface area contributed by atoms with Crippen molar-refractivity contribution in [2.24, 2.45) is 0 Å². The van der Waals surface area contributed by atoms with Gasteiger partial charge in [-0.15, -0.1) is 28.3 Å². The van der Waals surface area contributed by atoms with Gasteiger partial charge in [-0.05, 0) is 24.6 Å². The first-order chi connectivity index (χ1) is 13.3. The molecule has 0 bridgehead atoms. The van der Waals surface area contributed by atoms with Crippen molar-refractivity contribution >= 4 is 44.9 Å². The summed E-state index contributed by atoms with van der Waals surface area (Å²) in [5.41, 5.74) is 3.84. The van der Waals surface area contributed by atoms with Crippen LogP contribution in [0.3, 0.4) is 0 Å². The molecule has 9 heteroatoms. The van der Waals surface area contributed by atoms with Gasteiger partial charge in [0.25, 0.3) is 0 Å². The Bertz CT molecular complexity index is 1130. The van der Waals surface area contributed by atoms with Crippen LogP contribution in [0.25, 0.3) is 17.2 Å². The van der Waals surface area contributed by atoms with Crippen LogP contribution in [0.2, 0.25) is 0 Å². The average molecular weight is 460 g/mol. The van der Waals surface area contributed by atoms with E-state index in [1.807, 2.05) is 40.2 Å². The second-order valence-electron chi connectivity index (χ2n) is 6.18. The number of ether oxygens (including phenoxy) is 2.